The van der Waals surface area contributed by atoms with Crippen molar-refractivity contribution in [2.24, 2.45) is 5.73 Å². The highest BCUT2D eigenvalue weighted by Gasteiger charge is 2.32. The number of pyridine rings is 1. The molecule has 0 atom stereocenters. The largest absolute Gasteiger partial charge is 0.433 e. The molecule has 1 rings (SSSR count). The van der Waals surface area contributed by atoms with E-state index >= 15 is 0 Å². The summed E-state index contributed by atoms with van der Waals surface area (Å²) in [6.07, 6.45) is -4.00. The van der Waals surface area contributed by atoms with Gasteiger partial charge in [-0.1, -0.05) is 0 Å². The third-order valence-electron chi connectivity index (χ3n) is 1.58. The van der Waals surface area contributed by atoms with Crippen molar-refractivity contribution in [3.05, 3.63) is 28.0 Å². The van der Waals surface area contributed by atoms with Crippen molar-refractivity contribution in [1.29, 1.82) is 0 Å². The number of aromatic nitrogens is 1. The zero-order valence-electron chi connectivity index (χ0n) is 7.11. The molecule has 0 radical (unpaired) electrons. The number of hydrogen-bond donors (Lipinski definition) is 1. The lowest BCUT2D eigenvalue weighted by Crippen LogP contribution is -2.10. The van der Waals surface area contributed by atoms with Gasteiger partial charge in [-0.3, -0.25) is 0 Å². The second kappa shape index (κ2) is 4.27. The first kappa shape index (κ1) is 11.5. The molecule has 1 aromatic rings. The summed E-state index contributed by atoms with van der Waals surface area (Å²) >= 11 is 2.92. The molecule has 0 aliphatic carbocycles. The molecule has 0 amide bonds. The second-order valence-corrected chi connectivity index (χ2v) is 3.53. The van der Waals surface area contributed by atoms with Gasteiger partial charge in [0, 0.05) is 0 Å². The van der Waals surface area contributed by atoms with Gasteiger partial charge < -0.3 is 5.73 Å². The van der Waals surface area contributed by atoms with E-state index in [0.717, 1.165) is 6.07 Å². The molecule has 0 aliphatic rings. The molecule has 2 nitrogen and oxygen atoms in total. The summed E-state index contributed by atoms with van der Waals surface area (Å²) in [4.78, 5) is 3.34. The topological polar surface area (TPSA) is 38.9 Å². The fourth-order valence-corrected chi connectivity index (χ4v) is 1.49. The quantitative estimate of drug-likeness (QED) is 0.837. The van der Waals surface area contributed by atoms with E-state index in [-0.39, 0.29) is 4.60 Å². The highest BCUT2D eigenvalue weighted by Crippen LogP contribution is 2.29. The zero-order valence-corrected chi connectivity index (χ0v) is 8.69. The minimum atomic E-state index is -4.41. The van der Waals surface area contributed by atoms with Crippen LogP contribution >= 0.6 is 15.9 Å². The molecule has 0 unspecified atom stereocenters. The van der Waals surface area contributed by atoms with Gasteiger partial charge in [0.05, 0.1) is 0 Å². The van der Waals surface area contributed by atoms with Gasteiger partial charge in [-0.2, -0.15) is 13.2 Å². The molecule has 0 spiro atoms. The predicted molar refractivity (Wildman–Crippen MR) is 49.7 cm³/mol. The monoisotopic (exact) mass is 268 g/mol. The third-order valence-corrected chi connectivity index (χ3v) is 1.98. The Morgan fingerprint density at radius 3 is 2.50 bits per heavy atom. The zero-order chi connectivity index (χ0) is 10.8. The van der Waals surface area contributed by atoms with Gasteiger partial charge in [-0.15, -0.1) is 0 Å². The molecular formula is C8H8BrF3N2. The molecule has 6 heteroatoms. The fraction of sp³-hybridized carbons (Fsp3) is 0.375. The number of alkyl halides is 3. The molecular weight excluding hydrogens is 261 g/mol. The fourth-order valence-electron chi connectivity index (χ4n) is 1.01. The summed E-state index contributed by atoms with van der Waals surface area (Å²) in [5, 5.41) is 0. The van der Waals surface area contributed by atoms with Crippen molar-refractivity contribution >= 4 is 15.9 Å². The number of rotatable bonds is 2. The molecule has 14 heavy (non-hydrogen) atoms. The Balaban J connectivity index is 3.07. The Labute approximate surface area is 87.4 Å². The molecule has 0 saturated heterocycles. The van der Waals surface area contributed by atoms with Crippen molar-refractivity contribution in [2.45, 2.75) is 12.6 Å². The van der Waals surface area contributed by atoms with Gasteiger partial charge >= 0.3 is 6.18 Å². The van der Waals surface area contributed by atoms with Gasteiger partial charge in [0.2, 0.25) is 0 Å². The average Bonchev–Trinajstić information content (AvgIpc) is 2.02. The predicted octanol–water partition coefficient (Wildman–Crippen LogP) is 2.36. The first-order chi connectivity index (χ1) is 6.43. The Bertz CT molecular complexity index is 325. The van der Waals surface area contributed by atoms with Crippen LogP contribution in [0.1, 0.15) is 11.3 Å². The normalized spacial score (nSPS) is 11.8. The second-order valence-electron chi connectivity index (χ2n) is 2.72. The Hall–Kier alpha value is -0.620. The highest BCUT2D eigenvalue weighted by molar-refractivity contribution is 9.10. The minimum Gasteiger partial charge on any atom is -0.330 e. The van der Waals surface area contributed by atoms with Crippen LogP contribution in [0.25, 0.3) is 0 Å². The number of nitrogens with two attached hydrogens (primary N) is 1. The first-order valence-corrected chi connectivity index (χ1v) is 4.66. The van der Waals surface area contributed by atoms with E-state index in [0.29, 0.717) is 18.5 Å². The molecule has 1 heterocycles. The molecule has 1 aromatic heterocycles. The molecule has 0 aliphatic heterocycles. The van der Waals surface area contributed by atoms with Gasteiger partial charge in [0.15, 0.2) is 0 Å². The van der Waals surface area contributed by atoms with E-state index in [4.69, 9.17) is 5.73 Å². The average molecular weight is 269 g/mol. The van der Waals surface area contributed by atoms with Crippen LogP contribution in [0.15, 0.2) is 16.7 Å². The number of nitrogens with zero attached hydrogens (tertiary/aromatic N) is 1. The first-order valence-electron chi connectivity index (χ1n) is 3.87. The van der Waals surface area contributed by atoms with Crippen LogP contribution in [0, 0.1) is 0 Å². The van der Waals surface area contributed by atoms with Crippen molar-refractivity contribution in [2.75, 3.05) is 6.54 Å². The van der Waals surface area contributed by atoms with Gasteiger partial charge in [0.25, 0.3) is 0 Å². The summed E-state index contributed by atoms with van der Waals surface area (Å²) in [6.45, 7) is 0.313. The lowest BCUT2D eigenvalue weighted by atomic mass is 10.1. The van der Waals surface area contributed by atoms with Crippen LogP contribution in [0.3, 0.4) is 0 Å². The van der Waals surface area contributed by atoms with Crippen LogP contribution in [0.2, 0.25) is 0 Å². The Morgan fingerprint density at radius 2 is 2.00 bits per heavy atom. The van der Waals surface area contributed by atoms with Crippen molar-refractivity contribution in [3.63, 3.8) is 0 Å². The molecule has 2 N–H and O–H groups in total. The Morgan fingerprint density at radius 1 is 1.36 bits per heavy atom. The van der Waals surface area contributed by atoms with E-state index < -0.39 is 11.9 Å². The Kier molecular flexibility index (Phi) is 3.49. The van der Waals surface area contributed by atoms with E-state index in [9.17, 15) is 13.2 Å². The van der Waals surface area contributed by atoms with E-state index in [1.54, 1.807) is 0 Å². The summed E-state index contributed by atoms with van der Waals surface area (Å²) in [5.74, 6) is 0. The molecule has 0 fully saturated rings. The molecule has 0 aromatic carbocycles. The summed E-state index contributed by atoms with van der Waals surface area (Å²) in [7, 11) is 0. The van der Waals surface area contributed by atoms with E-state index in [1.165, 1.54) is 6.07 Å². The molecule has 0 bridgehead atoms. The number of hydrogen-bond acceptors (Lipinski definition) is 2. The van der Waals surface area contributed by atoms with Crippen LogP contribution in [-0.2, 0) is 12.6 Å². The maximum absolute atomic E-state index is 12.3. The van der Waals surface area contributed by atoms with Gasteiger partial charge in [0.1, 0.15) is 10.3 Å². The van der Waals surface area contributed by atoms with Crippen molar-refractivity contribution < 1.29 is 13.2 Å². The van der Waals surface area contributed by atoms with Crippen LogP contribution in [0.4, 0.5) is 13.2 Å². The number of halogens is 4. The smallest absolute Gasteiger partial charge is 0.330 e. The SMILES string of the molecule is NCCc1cc(Br)nc(C(F)(F)F)c1. The molecule has 0 saturated carbocycles. The van der Waals surface area contributed by atoms with Crippen molar-refractivity contribution in [3.8, 4) is 0 Å². The van der Waals surface area contributed by atoms with E-state index in [2.05, 4.69) is 20.9 Å². The summed E-state index contributed by atoms with van der Waals surface area (Å²) in [5.41, 5.74) is 4.89. The lowest BCUT2D eigenvalue weighted by Gasteiger charge is -2.08. The van der Waals surface area contributed by atoms with Crippen molar-refractivity contribution in [1.82, 2.24) is 4.98 Å². The minimum absolute atomic E-state index is 0.177. The lowest BCUT2D eigenvalue weighted by molar-refractivity contribution is -0.141. The third kappa shape index (κ3) is 2.95. The van der Waals surface area contributed by atoms with E-state index in [1.807, 2.05) is 0 Å². The summed E-state index contributed by atoms with van der Waals surface area (Å²) < 4.78 is 37.0. The maximum atomic E-state index is 12.3. The molecule has 78 valence electrons. The van der Waals surface area contributed by atoms with Gasteiger partial charge in [-0.25, -0.2) is 4.98 Å². The van der Waals surface area contributed by atoms with Crippen LogP contribution in [0.5, 0.6) is 0 Å². The van der Waals surface area contributed by atoms with Gasteiger partial charge in [-0.05, 0) is 46.6 Å². The van der Waals surface area contributed by atoms with Crippen LogP contribution < -0.4 is 5.73 Å². The summed E-state index contributed by atoms with van der Waals surface area (Å²) in [6, 6.07) is 2.54. The maximum Gasteiger partial charge on any atom is 0.433 e. The van der Waals surface area contributed by atoms with Crippen LogP contribution in [-0.4, -0.2) is 11.5 Å². The highest BCUT2D eigenvalue weighted by atomic mass is 79.9. The standard InChI is InChI=1S/C8H8BrF3N2/c9-7-4-5(1-2-13)3-6(14-7)8(10,11)12/h3-4H,1-2,13H2.